The Kier molecular flexibility index (Phi) is 5.03. The van der Waals surface area contributed by atoms with E-state index in [-0.39, 0.29) is 12.4 Å². The van der Waals surface area contributed by atoms with E-state index in [9.17, 15) is 0 Å². The van der Waals surface area contributed by atoms with E-state index in [1.165, 1.54) is 0 Å². The Hall–Kier alpha value is -0.440. The minimum atomic E-state index is 0. The Morgan fingerprint density at radius 1 is 1.55 bits per heavy atom. The van der Waals surface area contributed by atoms with Crippen molar-refractivity contribution in [2.45, 2.75) is 25.3 Å². The Balaban J connectivity index is 0.000001000. The van der Waals surface area contributed by atoms with E-state index in [0.29, 0.717) is 18.5 Å². The molecule has 2 N–H and O–H groups in total. The SMILES string of the molecule is Cl.[N-]=[N+]=NC[C@@H]1CC[C@H](N)C1. The number of hydrogen-bond donors (Lipinski definition) is 1. The summed E-state index contributed by atoms with van der Waals surface area (Å²) in [5.74, 6) is 0.547. The molecule has 0 aromatic carbocycles. The molecule has 0 aromatic heterocycles. The van der Waals surface area contributed by atoms with Gasteiger partial charge in [0.05, 0.1) is 0 Å². The summed E-state index contributed by atoms with van der Waals surface area (Å²) < 4.78 is 0. The van der Waals surface area contributed by atoms with Gasteiger partial charge in [-0.15, -0.1) is 12.4 Å². The molecule has 0 bridgehead atoms. The number of halogens is 1. The Morgan fingerprint density at radius 3 is 2.73 bits per heavy atom. The maximum Gasteiger partial charge on any atom is 0.0286 e. The van der Waals surface area contributed by atoms with Crippen LogP contribution in [0, 0.1) is 5.92 Å². The smallest absolute Gasteiger partial charge is 0.0286 e. The van der Waals surface area contributed by atoms with Crippen LogP contribution in [0.3, 0.4) is 0 Å². The highest BCUT2D eigenvalue weighted by Gasteiger charge is 2.20. The van der Waals surface area contributed by atoms with Crippen LogP contribution >= 0.6 is 12.4 Å². The van der Waals surface area contributed by atoms with Crippen molar-refractivity contribution >= 4 is 12.4 Å². The van der Waals surface area contributed by atoms with Gasteiger partial charge in [0.15, 0.2) is 0 Å². The predicted octanol–water partition coefficient (Wildman–Crippen LogP) is 1.85. The summed E-state index contributed by atoms with van der Waals surface area (Å²) in [5.41, 5.74) is 13.7. The average molecular weight is 177 g/mol. The highest BCUT2D eigenvalue weighted by molar-refractivity contribution is 5.85. The van der Waals surface area contributed by atoms with Crippen molar-refractivity contribution in [3.8, 4) is 0 Å². The van der Waals surface area contributed by atoms with Crippen LogP contribution in [0.25, 0.3) is 10.4 Å². The summed E-state index contributed by atoms with van der Waals surface area (Å²) in [5, 5.41) is 3.51. The molecule has 0 aliphatic heterocycles. The van der Waals surface area contributed by atoms with Crippen molar-refractivity contribution in [1.82, 2.24) is 0 Å². The van der Waals surface area contributed by atoms with E-state index in [1.54, 1.807) is 0 Å². The van der Waals surface area contributed by atoms with Crippen LogP contribution in [0.5, 0.6) is 0 Å². The summed E-state index contributed by atoms with van der Waals surface area (Å²) in [6.45, 7) is 0.629. The zero-order valence-corrected chi connectivity index (χ0v) is 7.13. The summed E-state index contributed by atoms with van der Waals surface area (Å²) >= 11 is 0. The molecular formula is C6H13ClN4. The van der Waals surface area contributed by atoms with Gasteiger partial charge >= 0.3 is 0 Å². The van der Waals surface area contributed by atoms with E-state index in [2.05, 4.69) is 10.0 Å². The lowest BCUT2D eigenvalue weighted by molar-refractivity contribution is 0.548. The topological polar surface area (TPSA) is 74.8 Å². The molecule has 1 fully saturated rings. The molecule has 1 saturated carbocycles. The summed E-state index contributed by atoms with van der Waals surface area (Å²) in [6.07, 6.45) is 3.24. The first kappa shape index (κ1) is 10.6. The zero-order valence-electron chi connectivity index (χ0n) is 6.31. The van der Waals surface area contributed by atoms with Crippen molar-refractivity contribution in [2.75, 3.05) is 6.54 Å². The molecule has 64 valence electrons. The Morgan fingerprint density at radius 2 is 2.27 bits per heavy atom. The first-order valence-corrected chi connectivity index (χ1v) is 3.59. The molecule has 0 aromatic rings. The molecule has 1 aliphatic carbocycles. The molecule has 0 saturated heterocycles. The number of hydrogen-bond acceptors (Lipinski definition) is 2. The van der Waals surface area contributed by atoms with Gasteiger partial charge in [0, 0.05) is 17.5 Å². The largest absolute Gasteiger partial charge is 0.328 e. The highest BCUT2D eigenvalue weighted by atomic mass is 35.5. The van der Waals surface area contributed by atoms with Gasteiger partial charge in [0.1, 0.15) is 0 Å². The quantitative estimate of drug-likeness (QED) is 0.389. The second kappa shape index (κ2) is 5.24. The minimum Gasteiger partial charge on any atom is -0.328 e. The van der Waals surface area contributed by atoms with E-state index in [1.807, 2.05) is 0 Å². The first-order valence-electron chi connectivity index (χ1n) is 3.59. The van der Waals surface area contributed by atoms with E-state index >= 15 is 0 Å². The van der Waals surface area contributed by atoms with E-state index < -0.39 is 0 Å². The maximum absolute atomic E-state index is 8.02. The van der Waals surface area contributed by atoms with Gasteiger partial charge in [-0.3, -0.25) is 0 Å². The molecular weight excluding hydrogens is 164 g/mol. The van der Waals surface area contributed by atoms with Crippen molar-refractivity contribution in [1.29, 1.82) is 0 Å². The minimum absolute atomic E-state index is 0. The van der Waals surface area contributed by atoms with Crippen LogP contribution in [0.2, 0.25) is 0 Å². The Labute approximate surface area is 72.2 Å². The van der Waals surface area contributed by atoms with E-state index in [4.69, 9.17) is 11.3 Å². The van der Waals surface area contributed by atoms with Crippen LogP contribution in [-0.2, 0) is 0 Å². The second-order valence-corrected chi connectivity index (χ2v) is 2.85. The zero-order chi connectivity index (χ0) is 7.40. The van der Waals surface area contributed by atoms with Gasteiger partial charge in [0.2, 0.25) is 0 Å². The predicted molar refractivity (Wildman–Crippen MR) is 46.6 cm³/mol. The van der Waals surface area contributed by atoms with Crippen LogP contribution in [0.15, 0.2) is 5.11 Å². The standard InChI is InChI=1S/C6H12N4.ClH/c7-6-2-1-5(3-6)4-9-10-8;/h5-6H,1-4,7H2;1H/t5-,6+;/m1./s1. The fraction of sp³-hybridized carbons (Fsp3) is 1.00. The fourth-order valence-corrected chi connectivity index (χ4v) is 1.43. The van der Waals surface area contributed by atoms with Crippen LogP contribution in [0.1, 0.15) is 19.3 Å². The van der Waals surface area contributed by atoms with Gasteiger partial charge in [-0.05, 0) is 30.7 Å². The van der Waals surface area contributed by atoms with Gasteiger partial charge in [-0.25, -0.2) is 0 Å². The lowest BCUT2D eigenvalue weighted by atomic mass is 10.1. The van der Waals surface area contributed by atoms with Crippen LogP contribution in [0.4, 0.5) is 0 Å². The third-order valence-corrected chi connectivity index (χ3v) is 1.98. The van der Waals surface area contributed by atoms with Gasteiger partial charge < -0.3 is 5.73 Å². The molecule has 11 heavy (non-hydrogen) atoms. The molecule has 1 rings (SSSR count). The highest BCUT2D eigenvalue weighted by Crippen LogP contribution is 2.23. The van der Waals surface area contributed by atoms with E-state index in [0.717, 1.165) is 19.3 Å². The lowest BCUT2D eigenvalue weighted by Gasteiger charge is -2.02. The molecule has 0 heterocycles. The normalized spacial score (nSPS) is 28.8. The lowest BCUT2D eigenvalue weighted by Crippen LogP contribution is -2.15. The van der Waals surface area contributed by atoms with Gasteiger partial charge in [0.25, 0.3) is 0 Å². The number of nitrogens with two attached hydrogens (primary N) is 1. The van der Waals surface area contributed by atoms with Gasteiger partial charge in [-0.1, -0.05) is 5.11 Å². The molecule has 0 amide bonds. The summed E-state index contributed by atoms with van der Waals surface area (Å²) in [7, 11) is 0. The van der Waals surface area contributed by atoms with Crippen LogP contribution in [-0.4, -0.2) is 12.6 Å². The van der Waals surface area contributed by atoms with Crippen molar-refractivity contribution in [3.05, 3.63) is 10.4 Å². The first-order chi connectivity index (χ1) is 4.83. The average Bonchev–Trinajstić information content (AvgIpc) is 2.31. The Bertz CT molecular complexity index is 155. The number of azide groups is 1. The molecule has 0 radical (unpaired) electrons. The number of nitrogens with zero attached hydrogens (tertiary/aromatic N) is 3. The van der Waals surface area contributed by atoms with Crippen molar-refractivity contribution in [3.63, 3.8) is 0 Å². The third-order valence-electron chi connectivity index (χ3n) is 1.98. The molecule has 0 unspecified atom stereocenters. The summed E-state index contributed by atoms with van der Waals surface area (Å²) in [6, 6.07) is 0.346. The van der Waals surface area contributed by atoms with Crippen molar-refractivity contribution in [2.24, 2.45) is 16.8 Å². The second-order valence-electron chi connectivity index (χ2n) is 2.85. The van der Waals surface area contributed by atoms with Crippen molar-refractivity contribution < 1.29 is 0 Å². The monoisotopic (exact) mass is 176 g/mol. The third kappa shape index (κ3) is 3.46. The van der Waals surface area contributed by atoms with Gasteiger partial charge in [-0.2, -0.15) is 0 Å². The fourth-order valence-electron chi connectivity index (χ4n) is 1.43. The number of rotatable bonds is 2. The molecule has 4 nitrogen and oxygen atoms in total. The molecule has 2 atom stereocenters. The summed E-state index contributed by atoms with van der Waals surface area (Å²) in [4.78, 5) is 2.71. The molecule has 0 spiro atoms. The maximum atomic E-state index is 8.02. The molecule has 1 aliphatic rings. The van der Waals surface area contributed by atoms with Crippen LogP contribution < -0.4 is 5.73 Å². The molecule has 5 heteroatoms.